The molecule has 0 saturated carbocycles. The third kappa shape index (κ3) is 4.23. The average Bonchev–Trinajstić information content (AvgIpc) is 3.32. The number of benzene rings is 1. The van der Waals surface area contributed by atoms with E-state index in [0.717, 1.165) is 29.7 Å². The van der Waals surface area contributed by atoms with Gasteiger partial charge in [-0.15, -0.1) is 0 Å². The van der Waals surface area contributed by atoms with Crippen LogP contribution in [0.15, 0.2) is 67.1 Å². The number of anilines is 1. The Labute approximate surface area is 157 Å². The van der Waals surface area contributed by atoms with E-state index in [9.17, 15) is 4.79 Å². The molecule has 136 valence electrons. The molecule has 1 aromatic carbocycles. The number of aryl methyl sites for hydroxylation is 3. The molecule has 0 aliphatic heterocycles. The molecule has 0 radical (unpaired) electrons. The van der Waals surface area contributed by atoms with Gasteiger partial charge in [-0.25, -0.2) is 0 Å². The summed E-state index contributed by atoms with van der Waals surface area (Å²) in [5.74, 6) is 0.551. The molecule has 0 aliphatic rings. The molecule has 6 heteroatoms. The van der Waals surface area contributed by atoms with Crippen LogP contribution in [0.4, 0.5) is 5.82 Å². The molecule has 1 amide bonds. The fourth-order valence-electron chi connectivity index (χ4n) is 3.12. The second kappa shape index (κ2) is 7.86. The lowest BCUT2D eigenvalue weighted by atomic mass is 10.1. The van der Waals surface area contributed by atoms with Gasteiger partial charge in [-0.3, -0.25) is 14.5 Å². The second-order valence-corrected chi connectivity index (χ2v) is 6.44. The quantitative estimate of drug-likeness (QED) is 0.530. The van der Waals surface area contributed by atoms with Crippen molar-refractivity contribution < 1.29 is 4.79 Å². The zero-order chi connectivity index (χ0) is 18.5. The van der Waals surface area contributed by atoms with Gasteiger partial charge in [0, 0.05) is 60.6 Å². The lowest BCUT2D eigenvalue weighted by Gasteiger charge is -2.03. The number of aromatic nitrogens is 4. The Morgan fingerprint density at radius 1 is 1.07 bits per heavy atom. The Morgan fingerprint density at radius 3 is 2.85 bits per heavy atom. The number of fused-ring (bicyclic) bond motifs is 1. The largest absolute Gasteiger partial charge is 0.361 e. The van der Waals surface area contributed by atoms with Crippen molar-refractivity contribution in [2.24, 2.45) is 0 Å². The Bertz CT molecular complexity index is 1030. The van der Waals surface area contributed by atoms with E-state index in [0.29, 0.717) is 18.7 Å². The normalized spacial score (nSPS) is 11.0. The zero-order valence-corrected chi connectivity index (χ0v) is 14.9. The molecule has 27 heavy (non-hydrogen) atoms. The highest BCUT2D eigenvalue weighted by Crippen LogP contribution is 2.19. The van der Waals surface area contributed by atoms with E-state index in [2.05, 4.69) is 26.4 Å². The number of pyridine rings is 1. The number of carbonyl (C=O) groups excluding carboxylic acids is 1. The van der Waals surface area contributed by atoms with E-state index in [-0.39, 0.29) is 5.91 Å². The van der Waals surface area contributed by atoms with Crippen molar-refractivity contribution in [2.75, 3.05) is 5.32 Å². The van der Waals surface area contributed by atoms with Crippen LogP contribution >= 0.6 is 0 Å². The van der Waals surface area contributed by atoms with Crippen molar-refractivity contribution in [2.45, 2.75) is 25.8 Å². The number of hydrogen-bond donors (Lipinski definition) is 2. The summed E-state index contributed by atoms with van der Waals surface area (Å²) in [6.07, 6.45) is 7.55. The number of amides is 1. The van der Waals surface area contributed by atoms with Crippen LogP contribution in [-0.2, 0) is 24.2 Å². The number of para-hydroxylation sites is 1. The van der Waals surface area contributed by atoms with Crippen molar-refractivity contribution in [3.05, 3.63) is 78.4 Å². The summed E-state index contributed by atoms with van der Waals surface area (Å²) < 4.78 is 1.82. The van der Waals surface area contributed by atoms with Crippen LogP contribution in [0.1, 0.15) is 17.7 Å². The third-order valence-corrected chi connectivity index (χ3v) is 4.53. The van der Waals surface area contributed by atoms with E-state index in [1.165, 1.54) is 5.39 Å². The number of nitrogens with one attached hydrogen (secondary N) is 2. The van der Waals surface area contributed by atoms with Gasteiger partial charge in [0.15, 0.2) is 5.82 Å². The topological polar surface area (TPSA) is 75.6 Å². The summed E-state index contributed by atoms with van der Waals surface area (Å²) in [4.78, 5) is 19.8. The highest BCUT2D eigenvalue weighted by atomic mass is 16.1. The number of hydrogen-bond acceptors (Lipinski definition) is 3. The predicted molar refractivity (Wildman–Crippen MR) is 105 cm³/mol. The minimum absolute atomic E-state index is 0.0322. The van der Waals surface area contributed by atoms with Crippen LogP contribution in [0.5, 0.6) is 0 Å². The number of H-pyrrole nitrogens is 1. The lowest BCUT2D eigenvalue weighted by molar-refractivity contribution is -0.116. The first kappa shape index (κ1) is 17.0. The van der Waals surface area contributed by atoms with Crippen molar-refractivity contribution >= 4 is 22.6 Å². The highest BCUT2D eigenvalue weighted by molar-refractivity contribution is 5.90. The van der Waals surface area contributed by atoms with E-state index < -0.39 is 0 Å². The molecule has 0 aliphatic carbocycles. The van der Waals surface area contributed by atoms with Crippen molar-refractivity contribution in [1.29, 1.82) is 0 Å². The smallest absolute Gasteiger partial charge is 0.225 e. The van der Waals surface area contributed by atoms with E-state index >= 15 is 0 Å². The molecule has 4 aromatic rings. The van der Waals surface area contributed by atoms with Gasteiger partial charge in [0.25, 0.3) is 0 Å². The van der Waals surface area contributed by atoms with Gasteiger partial charge in [-0.05, 0) is 30.2 Å². The van der Waals surface area contributed by atoms with E-state index in [1.807, 2.05) is 59.5 Å². The maximum absolute atomic E-state index is 12.3. The van der Waals surface area contributed by atoms with Crippen molar-refractivity contribution in [1.82, 2.24) is 19.7 Å². The van der Waals surface area contributed by atoms with Crippen molar-refractivity contribution in [3.63, 3.8) is 0 Å². The van der Waals surface area contributed by atoms with Gasteiger partial charge < -0.3 is 10.3 Å². The molecule has 3 aromatic heterocycles. The molecule has 6 nitrogen and oxygen atoms in total. The Morgan fingerprint density at radius 2 is 1.96 bits per heavy atom. The van der Waals surface area contributed by atoms with Crippen LogP contribution in [0.25, 0.3) is 10.9 Å². The summed E-state index contributed by atoms with van der Waals surface area (Å²) in [6, 6.07) is 15.8. The first-order chi connectivity index (χ1) is 13.3. The van der Waals surface area contributed by atoms with Gasteiger partial charge in [0.2, 0.25) is 5.91 Å². The fourth-order valence-corrected chi connectivity index (χ4v) is 3.12. The molecule has 3 heterocycles. The van der Waals surface area contributed by atoms with Crippen LogP contribution < -0.4 is 5.32 Å². The predicted octanol–water partition coefficient (Wildman–Crippen LogP) is 3.57. The second-order valence-electron chi connectivity index (χ2n) is 6.44. The maximum Gasteiger partial charge on any atom is 0.225 e. The number of rotatable bonds is 7. The molecule has 0 fully saturated rings. The number of nitrogens with zero attached hydrogens (tertiary/aromatic N) is 3. The molecule has 0 bridgehead atoms. The van der Waals surface area contributed by atoms with Gasteiger partial charge in [-0.1, -0.05) is 24.3 Å². The van der Waals surface area contributed by atoms with E-state index in [4.69, 9.17) is 0 Å². The van der Waals surface area contributed by atoms with Gasteiger partial charge in [-0.2, -0.15) is 5.10 Å². The lowest BCUT2D eigenvalue weighted by Crippen LogP contribution is -2.13. The minimum atomic E-state index is -0.0322. The minimum Gasteiger partial charge on any atom is -0.361 e. The first-order valence-corrected chi connectivity index (χ1v) is 9.06. The number of aromatic amines is 1. The fraction of sp³-hybridized carbons (Fsp3) is 0.190. The van der Waals surface area contributed by atoms with Crippen LogP contribution in [-0.4, -0.2) is 25.7 Å². The maximum atomic E-state index is 12.3. The van der Waals surface area contributed by atoms with Gasteiger partial charge in [0.05, 0.1) is 0 Å². The monoisotopic (exact) mass is 359 g/mol. The molecular weight excluding hydrogens is 338 g/mol. The summed E-state index contributed by atoms with van der Waals surface area (Å²) in [5.41, 5.74) is 3.28. The molecule has 0 unspecified atom stereocenters. The SMILES string of the molecule is O=C(CCc1c[nH]c2ccccc12)Nc1ccn(CCc2ccccn2)n1. The van der Waals surface area contributed by atoms with Crippen LogP contribution in [0.2, 0.25) is 0 Å². The molecular formula is C21H21N5O. The Balaban J connectivity index is 1.29. The highest BCUT2D eigenvalue weighted by Gasteiger charge is 2.08. The standard InChI is InChI=1S/C21H21N5O/c27-21(9-8-16-15-23-19-7-2-1-6-18(16)19)24-20-11-14-26(25-20)13-10-17-5-3-4-12-22-17/h1-7,11-12,14-15,23H,8-10,13H2,(H,24,25,27). The zero-order valence-electron chi connectivity index (χ0n) is 14.9. The van der Waals surface area contributed by atoms with Gasteiger partial charge in [0.1, 0.15) is 0 Å². The molecule has 2 N–H and O–H groups in total. The molecule has 0 saturated heterocycles. The van der Waals surface area contributed by atoms with Gasteiger partial charge >= 0.3 is 0 Å². The average molecular weight is 359 g/mol. The molecule has 0 spiro atoms. The Kier molecular flexibility index (Phi) is 4.96. The van der Waals surface area contributed by atoms with Crippen LogP contribution in [0.3, 0.4) is 0 Å². The summed E-state index contributed by atoms with van der Waals surface area (Å²) in [6.45, 7) is 0.724. The first-order valence-electron chi connectivity index (χ1n) is 9.06. The molecule has 4 rings (SSSR count). The molecule has 0 atom stereocenters. The summed E-state index contributed by atoms with van der Waals surface area (Å²) in [5, 5.41) is 8.46. The summed E-state index contributed by atoms with van der Waals surface area (Å²) >= 11 is 0. The van der Waals surface area contributed by atoms with E-state index in [1.54, 1.807) is 6.20 Å². The van der Waals surface area contributed by atoms with Crippen LogP contribution in [0, 0.1) is 0 Å². The van der Waals surface area contributed by atoms with Crippen molar-refractivity contribution in [3.8, 4) is 0 Å². The summed E-state index contributed by atoms with van der Waals surface area (Å²) in [7, 11) is 0. The Hall–Kier alpha value is -3.41. The number of carbonyl (C=O) groups is 1. The third-order valence-electron chi connectivity index (χ3n) is 4.53.